The number of phenols is 1. The Hall–Kier alpha value is -2.23. The van der Waals surface area contributed by atoms with Gasteiger partial charge in [-0.15, -0.1) is 0 Å². The highest BCUT2D eigenvalue weighted by Gasteiger charge is 2.18. The standard InChI is InChI=1S/C15H17NO3/c1-3-16(10-12-5-4-8-19-12)15(18)13-9-11(2)6-7-14(13)17/h4-9,17H,3,10H2,1-2H3. The molecule has 1 N–H and O–H groups in total. The average molecular weight is 259 g/mol. The smallest absolute Gasteiger partial charge is 0.258 e. The van der Waals surface area contributed by atoms with Crippen molar-refractivity contribution in [3.05, 3.63) is 53.5 Å². The van der Waals surface area contributed by atoms with Crippen molar-refractivity contribution in [2.45, 2.75) is 20.4 Å². The normalized spacial score (nSPS) is 10.4. The van der Waals surface area contributed by atoms with Crippen LogP contribution in [0.15, 0.2) is 41.0 Å². The van der Waals surface area contributed by atoms with Crippen LogP contribution in [-0.2, 0) is 6.54 Å². The highest BCUT2D eigenvalue weighted by atomic mass is 16.3. The molecule has 2 aromatic rings. The third-order valence-corrected chi connectivity index (χ3v) is 2.98. The van der Waals surface area contributed by atoms with Crippen LogP contribution < -0.4 is 0 Å². The first-order chi connectivity index (χ1) is 9.11. The average Bonchev–Trinajstić information content (AvgIpc) is 2.91. The molecule has 1 heterocycles. The first-order valence-corrected chi connectivity index (χ1v) is 6.23. The van der Waals surface area contributed by atoms with Crippen molar-refractivity contribution in [1.29, 1.82) is 0 Å². The number of furan rings is 1. The van der Waals surface area contributed by atoms with Crippen LogP contribution in [0.5, 0.6) is 5.75 Å². The molecule has 0 radical (unpaired) electrons. The zero-order valence-corrected chi connectivity index (χ0v) is 11.1. The van der Waals surface area contributed by atoms with E-state index in [-0.39, 0.29) is 11.7 Å². The van der Waals surface area contributed by atoms with Gasteiger partial charge in [0.15, 0.2) is 0 Å². The molecule has 1 aromatic carbocycles. The summed E-state index contributed by atoms with van der Waals surface area (Å²) in [5.41, 5.74) is 1.27. The Balaban J connectivity index is 2.23. The first kappa shape index (κ1) is 13.2. The molecule has 0 bridgehead atoms. The third-order valence-electron chi connectivity index (χ3n) is 2.98. The number of carbonyl (C=O) groups is 1. The summed E-state index contributed by atoms with van der Waals surface area (Å²) in [6, 6.07) is 8.63. The molecule has 0 saturated heterocycles. The van der Waals surface area contributed by atoms with Crippen LogP contribution in [0.3, 0.4) is 0 Å². The van der Waals surface area contributed by atoms with Gasteiger partial charge in [0.1, 0.15) is 11.5 Å². The van der Waals surface area contributed by atoms with Gasteiger partial charge in [-0.2, -0.15) is 0 Å². The Morgan fingerprint density at radius 3 is 2.79 bits per heavy atom. The van der Waals surface area contributed by atoms with E-state index in [2.05, 4.69) is 0 Å². The van der Waals surface area contributed by atoms with E-state index in [1.165, 1.54) is 0 Å². The topological polar surface area (TPSA) is 53.7 Å². The number of amides is 1. The fraction of sp³-hybridized carbons (Fsp3) is 0.267. The summed E-state index contributed by atoms with van der Waals surface area (Å²) in [5, 5.41) is 9.80. The predicted octanol–water partition coefficient (Wildman–Crippen LogP) is 2.96. The maximum absolute atomic E-state index is 12.4. The first-order valence-electron chi connectivity index (χ1n) is 6.23. The van der Waals surface area contributed by atoms with Gasteiger partial charge in [-0.3, -0.25) is 4.79 Å². The Morgan fingerprint density at radius 1 is 1.37 bits per heavy atom. The Kier molecular flexibility index (Phi) is 3.90. The largest absolute Gasteiger partial charge is 0.507 e. The van der Waals surface area contributed by atoms with Crippen molar-refractivity contribution in [1.82, 2.24) is 4.90 Å². The zero-order valence-electron chi connectivity index (χ0n) is 11.1. The van der Waals surface area contributed by atoms with Gasteiger partial charge in [0.05, 0.1) is 18.4 Å². The molecule has 1 aromatic heterocycles. The number of phenolic OH excluding ortho intramolecular Hbond substituents is 1. The lowest BCUT2D eigenvalue weighted by Crippen LogP contribution is -2.30. The van der Waals surface area contributed by atoms with Gasteiger partial charge in [0.2, 0.25) is 0 Å². The van der Waals surface area contributed by atoms with E-state index in [0.29, 0.717) is 18.7 Å². The lowest BCUT2D eigenvalue weighted by atomic mass is 10.1. The molecule has 0 atom stereocenters. The van der Waals surface area contributed by atoms with E-state index in [0.717, 1.165) is 11.3 Å². The van der Waals surface area contributed by atoms with E-state index in [1.807, 2.05) is 19.9 Å². The monoisotopic (exact) mass is 259 g/mol. The van der Waals surface area contributed by atoms with Crippen LogP contribution in [-0.4, -0.2) is 22.5 Å². The molecule has 0 spiro atoms. The summed E-state index contributed by atoms with van der Waals surface area (Å²) in [7, 11) is 0. The molecule has 100 valence electrons. The van der Waals surface area contributed by atoms with Gasteiger partial charge in [0.25, 0.3) is 5.91 Å². The highest BCUT2D eigenvalue weighted by Crippen LogP contribution is 2.21. The van der Waals surface area contributed by atoms with Crippen LogP contribution in [0, 0.1) is 6.92 Å². The minimum atomic E-state index is -0.194. The number of aryl methyl sites for hydroxylation is 1. The molecule has 19 heavy (non-hydrogen) atoms. The van der Waals surface area contributed by atoms with Gasteiger partial charge < -0.3 is 14.4 Å². The minimum Gasteiger partial charge on any atom is -0.507 e. The SMILES string of the molecule is CCN(Cc1ccco1)C(=O)c1cc(C)ccc1O. The van der Waals surface area contributed by atoms with Crippen LogP contribution in [0.2, 0.25) is 0 Å². The maximum Gasteiger partial charge on any atom is 0.258 e. The molecule has 0 unspecified atom stereocenters. The number of nitrogens with zero attached hydrogens (tertiary/aromatic N) is 1. The van der Waals surface area contributed by atoms with Gasteiger partial charge in [-0.25, -0.2) is 0 Å². The highest BCUT2D eigenvalue weighted by molar-refractivity contribution is 5.97. The van der Waals surface area contributed by atoms with Crippen molar-refractivity contribution < 1.29 is 14.3 Å². The van der Waals surface area contributed by atoms with Crippen molar-refractivity contribution in [3.63, 3.8) is 0 Å². The molecule has 0 fully saturated rings. The number of hydrogen-bond acceptors (Lipinski definition) is 3. The fourth-order valence-corrected chi connectivity index (χ4v) is 1.91. The molecule has 2 rings (SSSR count). The number of aromatic hydroxyl groups is 1. The quantitative estimate of drug-likeness (QED) is 0.918. The molecule has 0 aliphatic heterocycles. The van der Waals surface area contributed by atoms with E-state index in [4.69, 9.17) is 4.42 Å². The van der Waals surface area contributed by atoms with Crippen molar-refractivity contribution in [2.75, 3.05) is 6.54 Å². The molecular formula is C15H17NO3. The van der Waals surface area contributed by atoms with Crippen LogP contribution in [0.1, 0.15) is 28.6 Å². The summed E-state index contributed by atoms with van der Waals surface area (Å²) in [4.78, 5) is 14.0. The third kappa shape index (κ3) is 2.96. The van der Waals surface area contributed by atoms with Crippen molar-refractivity contribution in [3.8, 4) is 5.75 Å². The van der Waals surface area contributed by atoms with Gasteiger partial charge in [-0.1, -0.05) is 11.6 Å². The molecular weight excluding hydrogens is 242 g/mol. The molecule has 4 heteroatoms. The summed E-state index contributed by atoms with van der Waals surface area (Å²) >= 11 is 0. The van der Waals surface area contributed by atoms with Crippen molar-refractivity contribution >= 4 is 5.91 Å². The van der Waals surface area contributed by atoms with Gasteiger partial charge in [-0.05, 0) is 38.1 Å². The lowest BCUT2D eigenvalue weighted by molar-refractivity contribution is 0.0738. The summed E-state index contributed by atoms with van der Waals surface area (Å²) < 4.78 is 5.25. The number of hydrogen-bond donors (Lipinski definition) is 1. The summed E-state index contributed by atoms with van der Waals surface area (Å²) in [6.45, 7) is 4.73. The molecule has 0 aliphatic carbocycles. The summed E-state index contributed by atoms with van der Waals surface area (Å²) in [5.74, 6) is 0.538. The molecule has 0 aliphatic rings. The molecule has 1 amide bonds. The lowest BCUT2D eigenvalue weighted by Gasteiger charge is -2.20. The minimum absolute atomic E-state index is 0.00787. The second-order valence-electron chi connectivity index (χ2n) is 4.42. The van der Waals surface area contributed by atoms with Gasteiger partial charge >= 0.3 is 0 Å². The van der Waals surface area contributed by atoms with E-state index >= 15 is 0 Å². The second-order valence-corrected chi connectivity index (χ2v) is 4.42. The van der Waals surface area contributed by atoms with Gasteiger partial charge in [0, 0.05) is 6.54 Å². The molecule has 0 saturated carbocycles. The molecule has 4 nitrogen and oxygen atoms in total. The van der Waals surface area contributed by atoms with Crippen LogP contribution >= 0.6 is 0 Å². The predicted molar refractivity (Wildman–Crippen MR) is 72.0 cm³/mol. The number of rotatable bonds is 4. The Bertz CT molecular complexity index is 561. The van der Waals surface area contributed by atoms with E-state index < -0.39 is 0 Å². The Morgan fingerprint density at radius 2 is 2.16 bits per heavy atom. The second kappa shape index (κ2) is 5.61. The fourth-order valence-electron chi connectivity index (χ4n) is 1.91. The zero-order chi connectivity index (χ0) is 13.8. The Labute approximate surface area is 112 Å². The summed E-state index contributed by atoms with van der Waals surface area (Å²) in [6.07, 6.45) is 1.58. The number of carbonyl (C=O) groups excluding carboxylic acids is 1. The maximum atomic E-state index is 12.4. The van der Waals surface area contributed by atoms with Crippen LogP contribution in [0.25, 0.3) is 0 Å². The number of benzene rings is 1. The van der Waals surface area contributed by atoms with Crippen molar-refractivity contribution in [2.24, 2.45) is 0 Å². The van der Waals surface area contributed by atoms with E-state index in [9.17, 15) is 9.90 Å². The van der Waals surface area contributed by atoms with Crippen LogP contribution in [0.4, 0.5) is 0 Å². The van der Waals surface area contributed by atoms with E-state index in [1.54, 1.807) is 35.4 Å².